The first-order chi connectivity index (χ1) is 11.1. The highest BCUT2D eigenvalue weighted by Crippen LogP contribution is 2.16. The molecular formula is C17H30N4O2. The Kier molecular flexibility index (Phi) is 7.52. The normalized spacial score (nSPS) is 16.5. The summed E-state index contributed by atoms with van der Waals surface area (Å²) in [4.78, 5) is 16.1. The van der Waals surface area contributed by atoms with Crippen LogP contribution in [0.25, 0.3) is 0 Å². The minimum Gasteiger partial charge on any atom is -0.355 e. The monoisotopic (exact) mass is 322 g/mol. The summed E-state index contributed by atoms with van der Waals surface area (Å²) in [6.45, 7) is 5.55. The minimum absolute atomic E-state index is 0.0389. The third-order valence-corrected chi connectivity index (χ3v) is 4.30. The minimum atomic E-state index is 0.0389. The lowest BCUT2D eigenvalue weighted by Crippen LogP contribution is -2.36. The number of nitrogens with zero attached hydrogens (tertiary/aromatic N) is 2. The molecule has 1 aliphatic rings. The van der Waals surface area contributed by atoms with Gasteiger partial charge in [0.05, 0.1) is 0 Å². The van der Waals surface area contributed by atoms with E-state index in [1.807, 2.05) is 13.8 Å². The van der Waals surface area contributed by atoms with Crippen molar-refractivity contribution in [2.45, 2.75) is 77.2 Å². The molecule has 23 heavy (non-hydrogen) atoms. The van der Waals surface area contributed by atoms with E-state index in [4.69, 9.17) is 4.52 Å². The molecule has 6 nitrogen and oxygen atoms in total. The van der Waals surface area contributed by atoms with Crippen LogP contribution in [0.5, 0.6) is 0 Å². The molecule has 0 spiro atoms. The molecule has 2 N–H and O–H groups in total. The number of nitrogens with one attached hydrogen (secondary N) is 2. The number of hydrogen-bond donors (Lipinski definition) is 2. The Morgan fingerprint density at radius 2 is 1.96 bits per heavy atom. The van der Waals surface area contributed by atoms with Crippen molar-refractivity contribution in [1.82, 2.24) is 20.8 Å². The topological polar surface area (TPSA) is 80.0 Å². The van der Waals surface area contributed by atoms with Gasteiger partial charge in [0.15, 0.2) is 5.82 Å². The van der Waals surface area contributed by atoms with Gasteiger partial charge in [0, 0.05) is 37.9 Å². The van der Waals surface area contributed by atoms with Crippen LogP contribution in [0.2, 0.25) is 0 Å². The molecule has 1 aliphatic carbocycles. The van der Waals surface area contributed by atoms with E-state index >= 15 is 0 Å². The van der Waals surface area contributed by atoms with Crippen molar-refractivity contribution in [3.05, 3.63) is 11.7 Å². The van der Waals surface area contributed by atoms with Crippen LogP contribution in [0, 0.1) is 0 Å². The van der Waals surface area contributed by atoms with E-state index in [0.717, 1.165) is 6.54 Å². The fourth-order valence-electron chi connectivity index (χ4n) is 2.87. The molecule has 0 unspecified atom stereocenters. The van der Waals surface area contributed by atoms with Crippen LogP contribution < -0.4 is 10.6 Å². The van der Waals surface area contributed by atoms with E-state index in [2.05, 4.69) is 20.8 Å². The molecule has 0 bridgehead atoms. The van der Waals surface area contributed by atoms with Gasteiger partial charge >= 0.3 is 0 Å². The molecule has 0 aromatic carbocycles. The third-order valence-electron chi connectivity index (χ3n) is 4.30. The summed E-state index contributed by atoms with van der Waals surface area (Å²) in [5.41, 5.74) is 0. The predicted molar refractivity (Wildman–Crippen MR) is 89.2 cm³/mol. The zero-order chi connectivity index (χ0) is 16.5. The molecule has 1 aromatic heterocycles. The van der Waals surface area contributed by atoms with Crippen molar-refractivity contribution in [3.8, 4) is 0 Å². The zero-order valence-electron chi connectivity index (χ0n) is 14.4. The van der Waals surface area contributed by atoms with Crippen LogP contribution in [-0.2, 0) is 11.2 Å². The molecule has 130 valence electrons. The molecule has 1 saturated carbocycles. The molecule has 0 radical (unpaired) electrons. The highest BCUT2D eigenvalue weighted by molar-refractivity contribution is 5.75. The van der Waals surface area contributed by atoms with E-state index in [9.17, 15) is 4.79 Å². The van der Waals surface area contributed by atoms with Gasteiger partial charge in [-0.2, -0.15) is 4.98 Å². The number of aromatic nitrogens is 2. The van der Waals surface area contributed by atoms with Crippen molar-refractivity contribution < 1.29 is 9.32 Å². The van der Waals surface area contributed by atoms with E-state index in [0.29, 0.717) is 37.1 Å². The molecular weight excluding hydrogens is 292 g/mol. The summed E-state index contributed by atoms with van der Waals surface area (Å²) >= 11 is 0. The lowest BCUT2D eigenvalue weighted by Gasteiger charge is -2.16. The number of amides is 1. The van der Waals surface area contributed by atoms with Gasteiger partial charge in [-0.15, -0.1) is 0 Å². The molecule has 1 heterocycles. The van der Waals surface area contributed by atoms with Gasteiger partial charge in [-0.25, -0.2) is 0 Å². The Labute approximate surface area is 138 Å². The van der Waals surface area contributed by atoms with Crippen molar-refractivity contribution in [3.63, 3.8) is 0 Å². The SMILES string of the molecule is CC(C)c1noc(CCC(=O)NCCNC2CCCCCC2)n1. The molecule has 2 rings (SSSR count). The maximum absolute atomic E-state index is 11.8. The van der Waals surface area contributed by atoms with E-state index in [1.54, 1.807) is 0 Å². The van der Waals surface area contributed by atoms with Gasteiger partial charge < -0.3 is 15.2 Å². The van der Waals surface area contributed by atoms with Gasteiger partial charge in [-0.1, -0.05) is 44.7 Å². The zero-order valence-corrected chi connectivity index (χ0v) is 14.4. The van der Waals surface area contributed by atoms with Crippen molar-refractivity contribution in [2.75, 3.05) is 13.1 Å². The summed E-state index contributed by atoms with van der Waals surface area (Å²) < 4.78 is 5.14. The quantitative estimate of drug-likeness (QED) is 0.568. The van der Waals surface area contributed by atoms with E-state index < -0.39 is 0 Å². The number of aryl methyl sites for hydroxylation is 1. The maximum atomic E-state index is 11.8. The number of carbonyl (C=O) groups excluding carboxylic acids is 1. The van der Waals surface area contributed by atoms with Gasteiger partial charge in [0.2, 0.25) is 11.8 Å². The average molecular weight is 322 g/mol. The summed E-state index contributed by atoms with van der Waals surface area (Å²) in [5.74, 6) is 1.53. The molecule has 0 atom stereocenters. The summed E-state index contributed by atoms with van der Waals surface area (Å²) in [6.07, 6.45) is 8.81. The Morgan fingerprint density at radius 1 is 1.22 bits per heavy atom. The van der Waals surface area contributed by atoms with Crippen molar-refractivity contribution in [2.24, 2.45) is 0 Å². The number of carbonyl (C=O) groups is 1. The first-order valence-electron chi connectivity index (χ1n) is 8.97. The highest BCUT2D eigenvalue weighted by Gasteiger charge is 2.12. The lowest BCUT2D eigenvalue weighted by molar-refractivity contribution is -0.121. The first kappa shape index (κ1) is 17.9. The second kappa shape index (κ2) is 9.65. The Balaban J connectivity index is 1.55. The summed E-state index contributed by atoms with van der Waals surface area (Å²) in [5, 5.41) is 10.4. The van der Waals surface area contributed by atoms with Gasteiger partial charge in [0.25, 0.3) is 0 Å². The summed E-state index contributed by atoms with van der Waals surface area (Å²) in [7, 11) is 0. The van der Waals surface area contributed by atoms with E-state index in [-0.39, 0.29) is 11.8 Å². The smallest absolute Gasteiger partial charge is 0.227 e. The largest absolute Gasteiger partial charge is 0.355 e. The molecule has 1 fully saturated rings. The molecule has 1 aromatic rings. The lowest BCUT2D eigenvalue weighted by atomic mass is 10.1. The predicted octanol–water partition coefficient (Wildman–Crippen LogP) is 2.55. The van der Waals surface area contributed by atoms with Crippen molar-refractivity contribution in [1.29, 1.82) is 0 Å². The average Bonchev–Trinajstić information content (AvgIpc) is 2.86. The van der Waals surface area contributed by atoms with E-state index in [1.165, 1.54) is 38.5 Å². The molecule has 1 amide bonds. The second-order valence-electron chi connectivity index (χ2n) is 6.69. The fourth-order valence-corrected chi connectivity index (χ4v) is 2.87. The van der Waals surface area contributed by atoms with Gasteiger partial charge in [-0.05, 0) is 12.8 Å². The number of rotatable bonds is 8. The molecule has 0 aliphatic heterocycles. The third kappa shape index (κ3) is 6.69. The molecule has 0 saturated heterocycles. The second-order valence-corrected chi connectivity index (χ2v) is 6.69. The fraction of sp³-hybridized carbons (Fsp3) is 0.824. The Morgan fingerprint density at radius 3 is 2.61 bits per heavy atom. The maximum Gasteiger partial charge on any atom is 0.227 e. The molecule has 6 heteroatoms. The van der Waals surface area contributed by atoms with Crippen molar-refractivity contribution >= 4 is 5.91 Å². The van der Waals surface area contributed by atoms with Crippen LogP contribution >= 0.6 is 0 Å². The Hall–Kier alpha value is -1.43. The van der Waals surface area contributed by atoms with Crippen LogP contribution in [0.3, 0.4) is 0 Å². The summed E-state index contributed by atoms with van der Waals surface area (Å²) in [6, 6.07) is 0.627. The highest BCUT2D eigenvalue weighted by atomic mass is 16.5. The van der Waals surface area contributed by atoms with Crippen LogP contribution in [0.1, 0.15) is 76.4 Å². The van der Waals surface area contributed by atoms with Crippen LogP contribution in [-0.4, -0.2) is 35.2 Å². The van der Waals surface area contributed by atoms with Crippen LogP contribution in [0.4, 0.5) is 0 Å². The van der Waals surface area contributed by atoms with Gasteiger partial charge in [0.1, 0.15) is 0 Å². The number of hydrogen-bond acceptors (Lipinski definition) is 5. The standard InChI is InChI=1S/C17H30N4O2/c1-13(2)17-20-16(23-21-17)10-9-15(22)19-12-11-18-14-7-5-3-4-6-8-14/h13-14,18H,3-12H2,1-2H3,(H,19,22). The first-order valence-corrected chi connectivity index (χ1v) is 8.97. The van der Waals surface area contributed by atoms with Gasteiger partial charge in [-0.3, -0.25) is 4.79 Å². The van der Waals surface area contributed by atoms with Crippen LogP contribution in [0.15, 0.2) is 4.52 Å². The Bertz CT molecular complexity index is 465.